The third-order valence-corrected chi connectivity index (χ3v) is 5.38. The number of aromatic nitrogens is 2. The first-order chi connectivity index (χ1) is 14.6. The van der Waals surface area contributed by atoms with Gasteiger partial charge >= 0.3 is 11.8 Å². The molecule has 0 radical (unpaired) electrons. The summed E-state index contributed by atoms with van der Waals surface area (Å²) >= 11 is 6.04. The number of carbonyl (C=O) groups excluding carboxylic acids is 2. The molecule has 1 aromatic heterocycles. The Morgan fingerprint density at radius 2 is 1.90 bits per heavy atom. The predicted molar refractivity (Wildman–Crippen MR) is 119 cm³/mol. The number of hydrogen-bond donors (Lipinski definition) is 1. The van der Waals surface area contributed by atoms with Crippen molar-refractivity contribution in [3.05, 3.63) is 82.9 Å². The first-order valence-electron chi connectivity index (χ1n) is 9.42. The second-order valence-electron chi connectivity index (χ2n) is 6.97. The maximum Gasteiger partial charge on any atom is 0.316 e. The van der Waals surface area contributed by atoms with Crippen LogP contribution in [-0.4, -0.2) is 39.8 Å². The molecule has 9 heteroatoms. The number of nitriles is 1. The van der Waals surface area contributed by atoms with Gasteiger partial charge in [0.2, 0.25) is 0 Å². The van der Waals surface area contributed by atoms with E-state index in [1.165, 1.54) is 4.90 Å². The number of rotatable bonds is 5. The van der Waals surface area contributed by atoms with Gasteiger partial charge in [-0.15, -0.1) is 12.4 Å². The standard InChI is InChI=1S/C22H18ClN5O2.ClH/c23-17-2-1-3-18(11-17)27-8-9-28(22(30)21(27)29)20(19-13-25-14-26-19)10-15-4-6-16(12-24)7-5-15;/h1-7,11,13-14,20H,8-10H2,(H,25,26);1H. The molecular formula is C22H19Cl2N5O2. The second-order valence-corrected chi connectivity index (χ2v) is 7.41. The molecule has 31 heavy (non-hydrogen) atoms. The van der Waals surface area contributed by atoms with E-state index in [0.29, 0.717) is 35.8 Å². The van der Waals surface area contributed by atoms with Gasteiger partial charge in [-0.25, -0.2) is 4.98 Å². The number of carbonyl (C=O) groups is 2. The summed E-state index contributed by atoms with van der Waals surface area (Å²) in [6.07, 6.45) is 3.70. The monoisotopic (exact) mass is 455 g/mol. The van der Waals surface area contributed by atoms with E-state index in [9.17, 15) is 9.59 Å². The zero-order valence-corrected chi connectivity index (χ0v) is 17.9. The molecule has 3 aromatic rings. The number of anilines is 1. The van der Waals surface area contributed by atoms with Gasteiger partial charge in [-0.3, -0.25) is 9.59 Å². The Balaban J connectivity index is 0.00000272. The van der Waals surface area contributed by atoms with Gasteiger partial charge in [-0.05, 0) is 42.3 Å². The van der Waals surface area contributed by atoms with E-state index < -0.39 is 11.8 Å². The lowest BCUT2D eigenvalue weighted by Crippen LogP contribution is -2.55. The van der Waals surface area contributed by atoms with Crippen LogP contribution < -0.4 is 4.90 Å². The van der Waals surface area contributed by atoms with E-state index in [2.05, 4.69) is 16.0 Å². The minimum absolute atomic E-state index is 0. The zero-order valence-electron chi connectivity index (χ0n) is 16.4. The molecule has 1 fully saturated rings. The molecule has 1 aliphatic heterocycles. The highest BCUT2D eigenvalue weighted by Gasteiger charge is 2.38. The van der Waals surface area contributed by atoms with Crippen LogP contribution in [0, 0.1) is 11.3 Å². The molecule has 1 N–H and O–H groups in total. The molecule has 0 bridgehead atoms. The molecule has 7 nitrogen and oxygen atoms in total. The lowest BCUT2D eigenvalue weighted by molar-refractivity contribution is -0.148. The fourth-order valence-electron chi connectivity index (χ4n) is 3.61. The van der Waals surface area contributed by atoms with E-state index in [4.69, 9.17) is 16.9 Å². The first kappa shape index (κ1) is 22.3. The predicted octanol–water partition coefficient (Wildman–Crippen LogP) is 3.52. The van der Waals surface area contributed by atoms with Crippen LogP contribution in [0.2, 0.25) is 5.02 Å². The molecule has 2 aromatic carbocycles. The van der Waals surface area contributed by atoms with Crippen LogP contribution in [-0.2, 0) is 16.0 Å². The van der Waals surface area contributed by atoms with Crippen LogP contribution in [0.3, 0.4) is 0 Å². The molecule has 158 valence electrons. The summed E-state index contributed by atoms with van der Waals surface area (Å²) < 4.78 is 0. The number of benzene rings is 2. The zero-order chi connectivity index (χ0) is 21.1. The largest absolute Gasteiger partial charge is 0.347 e. The van der Waals surface area contributed by atoms with E-state index in [1.807, 2.05) is 12.1 Å². The fraction of sp³-hybridized carbons (Fsp3) is 0.182. The van der Waals surface area contributed by atoms with Gasteiger partial charge in [-0.1, -0.05) is 29.8 Å². The van der Waals surface area contributed by atoms with Crippen LogP contribution in [0.1, 0.15) is 22.9 Å². The van der Waals surface area contributed by atoms with Crippen molar-refractivity contribution in [3.8, 4) is 6.07 Å². The van der Waals surface area contributed by atoms with Crippen molar-refractivity contribution in [2.24, 2.45) is 0 Å². The summed E-state index contributed by atoms with van der Waals surface area (Å²) in [6.45, 7) is 0.736. The number of halogens is 2. The molecule has 0 saturated carbocycles. The second kappa shape index (κ2) is 9.65. The lowest BCUT2D eigenvalue weighted by atomic mass is 10.00. The summed E-state index contributed by atoms with van der Waals surface area (Å²) in [6, 6.07) is 15.8. The van der Waals surface area contributed by atoms with Crippen LogP contribution in [0.4, 0.5) is 5.69 Å². The minimum atomic E-state index is -0.590. The molecule has 4 rings (SSSR count). The Labute approximate surface area is 190 Å². The number of piperazine rings is 1. The van der Waals surface area contributed by atoms with Crippen LogP contribution in [0.15, 0.2) is 61.1 Å². The van der Waals surface area contributed by atoms with Gasteiger partial charge < -0.3 is 14.8 Å². The Morgan fingerprint density at radius 1 is 1.13 bits per heavy atom. The number of H-pyrrole nitrogens is 1. The smallest absolute Gasteiger partial charge is 0.316 e. The molecule has 0 spiro atoms. The fourth-order valence-corrected chi connectivity index (χ4v) is 3.80. The minimum Gasteiger partial charge on any atom is -0.347 e. The third-order valence-electron chi connectivity index (χ3n) is 5.14. The SMILES string of the molecule is Cl.N#Cc1ccc(CC(c2cnc[nH]2)N2CCN(c3cccc(Cl)c3)C(=O)C2=O)cc1. The van der Waals surface area contributed by atoms with Gasteiger partial charge in [0.1, 0.15) is 0 Å². The van der Waals surface area contributed by atoms with E-state index in [1.54, 1.807) is 53.8 Å². The number of aromatic amines is 1. The van der Waals surface area contributed by atoms with Gasteiger partial charge in [-0.2, -0.15) is 5.26 Å². The summed E-state index contributed by atoms with van der Waals surface area (Å²) in [4.78, 5) is 36.1. The van der Waals surface area contributed by atoms with Crippen molar-refractivity contribution >= 4 is 41.5 Å². The van der Waals surface area contributed by atoms with Crippen molar-refractivity contribution in [1.29, 1.82) is 5.26 Å². The van der Waals surface area contributed by atoms with Gasteiger partial charge in [0.25, 0.3) is 0 Å². The highest BCUT2D eigenvalue weighted by atomic mass is 35.5. The van der Waals surface area contributed by atoms with Crippen LogP contribution >= 0.6 is 24.0 Å². The highest BCUT2D eigenvalue weighted by molar-refractivity contribution is 6.41. The molecule has 1 saturated heterocycles. The molecule has 1 aliphatic rings. The van der Waals surface area contributed by atoms with E-state index in [-0.39, 0.29) is 18.4 Å². The number of imidazole rings is 1. The Kier molecular flexibility index (Phi) is 6.95. The number of nitrogens with one attached hydrogen (secondary N) is 1. The number of amides is 2. The summed E-state index contributed by atoms with van der Waals surface area (Å²) in [5.41, 5.74) is 2.87. The molecular weight excluding hydrogens is 437 g/mol. The van der Waals surface area contributed by atoms with Crippen molar-refractivity contribution in [2.75, 3.05) is 18.0 Å². The number of hydrogen-bond acceptors (Lipinski definition) is 4. The topological polar surface area (TPSA) is 93.1 Å². The van der Waals surface area contributed by atoms with E-state index in [0.717, 1.165) is 11.3 Å². The third kappa shape index (κ3) is 4.71. The molecule has 1 unspecified atom stereocenters. The summed E-state index contributed by atoms with van der Waals surface area (Å²) in [5, 5.41) is 9.50. The van der Waals surface area contributed by atoms with Crippen molar-refractivity contribution in [3.63, 3.8) is 0 Å². The molecule has 2 amide bonds. The van der Waals surface area contributed by atoms with Gasteiger partial charge in [0.15, 0.2) is 0 Å². The van der Waals surface area contributed by atoms with E-state index >= 15 is 0 Å². The Morgan fingerprint density at radius 3 is 2.55 bits per heavy atom. The van der Waals surface area contributed by atoms with Crippen LogP contribution in [0.25, 0.3) is 0 Å². The van der Waals surface area contributed by atoms with Crippen molar-refractivity contribution in [1.82, 2.24) is 14.9 Å². The number of nitrogens with zero attached hydrogens (tertiary/aromatic N) is 4. The van der Waals surface area contributed by atoms with Gasteiger partial charge in [0, 0.05) is 23.8 Å². The molecule has 2 heterocycles. The van der Waals surface area contributed by atoms with Gasteiger partial charge in [0.05, 0.1) is 35.9 Å². The van der Waals surface area contributed by atoms with Crippen molar-refractivity contribution in [2.45, 2.75) is 12.5 Å². The first-order valence-corrected chi connectivity index (χ1v) is 9.80. The average molecular weight is 456 g/mol. The molecule has 0 aliphatic carbocycles. The summed E-state index contributed by atoms with van der Waals surface area (Å²) in [5.74, 6) is -1.16. The normalized spacial score (nSPS) is 14.7. The quantitative estimate of drug-likeness (QED) is 0.595. The average Bonchev–Trinajstić information content (AvgIpc) is 3.29. The maximum absolute atomic E-state index is 13.0. The Bertz CT molecular complexity index is 1110. The lowest BCUT2D eigenvalue weighted by Gasteiger charge is -2.38. The Hall–Kier alpha value is -3.34. The summed E-state index contributed by atoms with van der Waals surface area (Å²) in [7, 11) is 0. The van der Waals surface area contributed by atoms with Crippen LogP contribution in [0.5, 0.6) is 0 Å². The highest BCUT2D eigenvalue weighted by Crippen LogP contribution is 2.28. The van der Waals surface area contributed by atoms with Crippen molar-refractivity contribution < 1.29 is 9.59 Å². The molecule has 1 atom stereocenters. The maximum atomic E-state index is 13.0.